The molecule has 1 fully saturated rings. The Balaban J connectivity index is 2.33. The van der Waals surface area contributed by atoms with Crippen LogP contribution in [0.5, 0.6) is 0 Å². The van der Waals surface area contributed by atoms with Crippen molar-refractivity contribution in [3.05, 3.63) is 0 Å². The molecule has 1 heteroatoms. The maximum atomic E-state index is 2.64. The van der Waals surface area contributed by atoms with E-state index in [2.05, 4.69) is 39.5 Å². The van der Waals surface area contributed by atoms with Gasteiger partial charge in [0, 0.05) is 18.6 Å². The molecule has 0 spiro atoms. The number of hydrogen-bond donors (Lipinski definition) is 0. The van der Waals surface area contributed by atoms with Gasteiger partial charge in [-0.05, 0) is 32.1 Å². The summed E-state index contributed by atoms with van der Waals surface area (Å²) in [5.74, 6) is 1.82. The van der Waals surface area contributed by atoms with Crippen LogP contribution in [0.2, 0.25) is 0 Å². The lowest BCUT2D eigenvalue weighted by Crippen LogP contribution is -2.58. The van der Waals surface area contributed by atoms with Crippen LogP contribution in [0.1, 0.15) is 47.5 Å². The van der Waals surface area contributed by atoms with Gasteiger partial charge in [0.25, 0.3) is 0 Å². The average Bonchev–Trinajstić information content (AvgIpc) is 1.79. The van der Waals surface area contributed by atoms with Crippen molar-refractivity contribution < 1.29 is 0 Å². The minimum Gasteiger partial charge on any atom is -0.298 e. The Morgan fingerprint density at radius 1 is 1.31 bits per heavy atom. The molecule has 1 rings (SSSR count). The number of hydrogen-bond acceptors (Lipinski definition) is 1. The zero-order valence-electron chi connectivity index (χ0n) is 9.93. The highest BCUT2D eigenvalue weighted by molar-refractivity contribution is 4.91. The summed E-state index contributed by atoms with van der Waals surface area (Å²) in [6.45, 7) is 14.4. The first kappa shape index (κ1) is 11.0. The van der Waals surface area contributed by atoms with Crippen molar-refractivity contribution in [1.29, 1.82) is 0 Å². The molecule has 0 aromatic rings. The third kappa shape index (κ3) is 2.46. The maximum absolute atomic E-state index is 2.64. The van der Waals surface area contributed by atoms with Gasteiger partial charge >= 0.3 is 0 Å². The van der Waals surface area contributed by atoms with Crippen molar-refractivity contribution in [3.63, 3.8) is 0 Å². The second kappa shape index (κ2) is 4.00. The predicted molar refractivity (Wildman–Crippen MR) is 58.9 cm³/mol. The van der Waals surface area contributed by atoms with Crippen LogP contribution in [0.25, 0.3) is 0 Å². The summed E-state index contributed by atoms with van der Waals surface area (Å²) in [5, 5.41) is 0. The SMILES string of the molecule is CCCC(C)(C)N1CC(C(C)C)C1. The first-order valence-corrected chi connectivity index (χ1v) is 5.72. The van der Waals surface area contributed by atoms with E-state index in [0.717, 1.165) is 11.8 Å². The molecular formula is C12H25N. The molecule has 0 amide bonds. The second-order valence-corrected chi connectivity index (χ2v) is 5.47. The molecule has 1 aliphatic rings. The molecule has 78 valence electrons. The van der Waals surface area contributed by atoms with E-state index in [9.17, 15) is 0 Å². The molecule has 0 saturated carbocycles. The molecule has 0 aromatic carbocycles. The predicted octanol–water partition coefficient (Wildman–Crippen LogP) is 3.15. The van der Waals surface area contributed by atoms with Crippen molar-refractivity contribution in [1.82, 2.24) is 4.90 Å². The van der Waals surface area contributed by atoms with E-state index in [1.165, 1.54) is 25.9 Å². The van der Waals surface area contributed by atoms with Crippen molar-refractivity contribution in [3.8, 4) is 0 Å². The van der Waals surface area contributed by atoms with E-state index in [-0.39, 0.29) is 0 Å². The standard InChI is InChI=1S/C12H25N/c1-6-7-12(4,5)13-8-11(9-13)10(2)3/h10-11H,6-9H2,1-5H3. The van der Waals surface area contributed by atoms with Crippen LogP contribution in [0, 0.1) is 11.8 Å². The summed E-state index contributed by atoms with van der Waals surface area (Å²) in [7, 11) is 0. The lowest BCUT2D eigenvalue weighted by Gasteiger charge is -2.51. The van der Waals surface area contributed by atoms with Crippen LogP contribution in [-0.4, -0.2) is 23.5 Å². The summed E-state index contributed by atoms with van der Waals surface area (Å²) in [4.78, 5) is 2.64. The molecule has 0 bridgehead atoms. The molecule has 1 nitrogen and oxygen atoms in total. The minimum absolute atomic E-state index is 0.445. The lowest BCUT2D eigenvalue weighted by atomic mass is 9.83. The van der Waals surface area contributed by atoms with E-state index in [1.54, 1.807) is 0 Å². The van der Waals surface area contributed by atoms with Gasteiger partial charge in [0.05, 0.1) is 0 Å². The molecule has 0 aromatic heterocycles. The van der Waals surface area contributed by atoms with Crippen molar-refractivity contribution >= 4 is 0 Å². The lowest BCUT2D eigenvalue weighted by molar-refractivity contribution is -0.0194. The monoisotopic (exact) mass is 183 g/mol. The minimum atomic E-state index is 0.445. The fourth-order valence-electron chi connectivity index (χ4n) is 2.20. The van der Waals surface area contributed by atoms with Crippen LogP contribution < -0.4 is 0 Å². The number of nitrogens with zero attached hydrogens (tertiary/aromatic N) is 1. The van der Waals surface area contributed by atoms with Gasteiger partial charge in [0.2, 0.25) is 0 Å². The Bertz CT molecular complexity index is 155. The van der Waals surface area contributed by atoms with Gasteiger partial charge in [0.1, 0.15) is 0 Å². The van der Waals surface area contributed by atoms with Crippen molar-refractivity contribution in [2.75, 3.05) is 13.1 Å². The third-order valence-electron chi connectivity index (χ3n) is 3.57. The van der Waals surface area contributed by atoms with E-state index < -0.39 is 0 Å². The fraction of sp³-hybridized carbons (Fsp3) is 1.00. The Kier molecular flexibility index (Phi) is 3.39. The second-order valence-electron chi connectivity index (χ2n) is 5.47. The van der Waals surface area contributed by atoms with E-state index >= 15 is 0 Å². The Labute approximate surface area is 83.5 Å². The van der Waals surface area contributed by atoms with Crippen LogP contribution >= 0.6 is 0 Å². The van der Waals surface area contributed by atoms with Crippen LogP contribution in [-0.2, 0) is 0 Å². The number of likely N-dealkylation sites (tertiary alicyclic amines) is 1. The van der Waals surface area contributed by atoms with Gasteiger partial charge in [0.15, 0.2) is 0 Å². The maximum Gasteiger partial charge on any atom is 0.0153 e. The van der Waals surface area contributed by atoms with Gasteiger partial charge in [-0.2, -0.15) is 0 Å². The van der Waals surface area contributed by atoms with Crippen LogP contribution in [0.4, 0.5) is 0 Å². The zero-order valence-corrected chi connectivity index (χ0v) is 9.93. The molecule has 13 heavy (non-hydrogen) atoms. The quantitative estimate of drug-likeness (QED) is 0.647. The van der Waals surface area contributed by atoms with Gasteiger partial charge in [-0.25, -0.2) is 0 Å². The van der Waals surface area contributed by atoms with Gasteiger partial charge < -0.3 is 0 Å². The largest absolute Gasteiger partial charge is 0.298 e. The highest BCUT2D eigenvalue weighted by atomic mass is 15.2. The van der Waals surface area contributed by atoms with Crippen LogP contribution in [0.15, 0.2) is 0 Å². The fourth-order valence-corrected chi connectivity index (χ4v) is 2.20. The molecule has 1 heterocycles. The van der Waals surface area contributed by atoms with Gasteiger partial charge in [-0.1, -0.05) is 27.2 Å². The van der Waals surface area contributed by atoms with Crippen LogP contribution in [0.3, 0.4) is 0 Å². The first-order valence-electron chi connectivity index (χ1n) is 5.72. The molecule has 0 radical (unpaired) electrons. The summed E-state index contributed by atoms with van der Waals surface area (Å²) < 4.78 is 0. The van der Waals surface area contributed by atoms with E-state index in [0.29, 0.717) is 5.54 Å². The smallest absolute Gasteiger partial charge is 0.0153 e. The van der Waals surface area contributed by atoms with Crippen molar-refractivity contribution in [2.45, 2.75) is 53.0 Å². The summed E-state index contributed by atoms with van der Waals surface area (Å²) in [5.41, 5.74) is 0.445. The molecule has 0 unspecified atom stereocenters. The zero-order chi connectivity index (χ0) is 10.1. The molecule has 1 saturated heterocycles. The topological polar surface area (TPSA) is 3.24 Å². The molecule has 0 atom stereocenters. The summed E-state index contributed by atoms with van der Waals surface area (Å²) in [6, 6.07) is 0. The summed E-state index contributed by atoms with van der Waals surface area (Å²) >= 11 is 0. The molecular weight excluding hydrogens is 158 g/mol. The Morgan fingerprint density at radius 2 is 1.85 bits per heavy atom. The summed E-state index contributed by atoms with van der Waals surface area (Å²) in [6.07, 6.45) is 2.63. The van der Waals surface area contributed by atoms with Gasteiger partial charge in [-0.3, -0.25) is 4.90 Å². The highest BCUT2D eigenvalue weighted by Crippen LogP contribution is 2.32. The van der Waals surface area contributed by atoms with E-state index in [4.69, 9.17) is 0 Å². The van der Waals surface area contributed by atoms with Crippen molar-refractivity contribution in [2.24, 2.45) is 11.8 Å². The Hall–Kier alpha value is -0.0400. The first-order chi connectivity index (χ1) is 5.97. The van der Waals surface area contributed by atoms with Gasteiger partial charge in [-0.15, -0.1) is 0 Å². The van der Waals surface area contributed by atoms with E-state index in [1.807, 2.05) is 0 Å². The Morgan fingerprint density at radius 3 is 2.23 bits per heavy atom. The average molecular weight is 183 g/mol. The molecule has 0 aliphatic carbocycles. The molecule has 0 N–H and O–H groups in total. The third-order valence-corrected chi connectivity index (χ3v) is 3.57. The highest BCUT2D eigenvalue weighted by Gasteiger charge is 2.37. The molecule has 1 aliphatic heterocycles. The number of rotatable bonds is 4. The normalized spacial score (nSPS) is 20.8.